The Kier molecular flexibility index (Phi) is 5.72. The summed E-state index contributed by atoms with van der Waals surface area (Å²) in [4.78, 5) is 46.0. The zero-order valence-corrected chi connectivity index (χ0v) is 22.1. The van der Waals surface area contributed by atoms with E-state index in [1.54, 1.807) is 29.8 Å². The maximum Gasteiger partial charge on any atom is 0.333 e. The van der Waals surface area contributed by atoms with Crippen LogP contribution in [0.1, 0.15) is 56.8 Å². The Morgan fingerprint density at radius 2 is 1.67 bits per heavy atom. The van der Waals surface area contributed by atoms with Crippen LogP contribution in [0, 0.1) is 23.2 Å². The summed E-state index contributed by atoms with van der Waals surface area (Å²) in [6.45, 7) is 1.94. The fourth-order valence-corrected chi connectivity index (χ4v) is 7.91. The molecule has 2 heterocycles. The number of benzene rings is 1. The maximum atomic E-state index is 13.9. The van der Waals surface area contributed by atoms with Crippen molar-refractivity contribution < 1.29 is 4.79 Å². The van der Waals surface area contributed by atoms with Crippen LogP contribution in [0.2, 0.25) is 10.0 Å². The molecule has 0 unspecified atom stereocenters. The van der Waals surface area contributed by atoms with Crippen molar-refractivity contribution in [1.82, 2.24) is 18.7 Å². The van der Waals surface area contributed by atoms with E-state index in [0.29, 0.717) is 56.8 Å². The van der Waals surface area contributed by atoms with Gasteiger partial charge < -0.3 is 4.57 Å². The number of hydrogen-bond acceptors (Lipinski definition) is 4. The molecule has 190 valence electrons. The van der Waals surface area contributed by atoms with Gasteiger partial charge in [-0.2, -0.15) is 0 Å². The molecule has 4 aliphatic carbocycles. The van der Waals surface area contributed by atoms with E-state index in [2.05, 4.69) is 4.98 Å². The van der Waals surface area contributed by atoms with Crippen LogP contribution in [-0.2, 0) is 31.4 Å². The molecule has 1 aromatic carbocycles. The van der Waals surface area contributed by atoms with Crippen molar-refractivity contribution >= 4 is 40.1 Å². The van der Waals surface area contributed by atoms with E-state index in [4.69, 9.17) is 23.2 Å². The third kappa shape index (κ3) is 3.69. The van der Waals surface area contributed by atoms with E-state index in [0.717, 1.165) is 19.3 Å². The van der Waals surface area contributed by atoms with Gasteiger partial charge in [0.1, 0.15) is 5.82 Å². The number of ketones is 1. The van der Waals surface area contributed by atoms with Gasteiger partial charge in [0.2, 0.25) is 0 Å². The fraction of sp³-hybridized carbons (Fsp3) is 0.556. The standard InChI is InChI=1S/C27H30Cl2N4O3/c1-3-22-30-24-23(31(22)2)25(35)33(13-15-4-5-19(28)20(29)9-15)26(36)32(24)14-21(34)27-10-16-6-17(11-27)8-18(7-16)12-27/h4-5,9,16-18H,3,6-8,10-14H2,1-2H3. The quantitative estimate of drug-likeness (QED) is 0.468. The zero-order chi connectivity index (χ0) is 25.4. The van der Waals surface area contributed by atoms with Crippen LogP contribution >= 0.6 is 23.2 Å². The molecule has 4 fully saturated rings. The lowest BCUT2D eigenvalue weighted by Crippen LogP contribution is -2.52. The molecule has 4 bridgehead atoms. The summed E-state index contributed by atoms with van der Waals surface area (Å²) in [5.41, 5.74) is 0.0391. The summed E-state index contributed by atoms with van der Waals surface area (Å²) in [7, 11) is 1.79. The molecule has 36 heavy (non-hydrogen) atoms. The van der Waals surface area contributed by atoms with Gasteiger partial charge in [0.05, 0.1) is 23.1 Å². The first-order chi connectivity index (χ1) is 17.2. The molecule has 0 N–H and O–H groups in total. The van der Waals surface area contributed by atoms with Crippen LogP contribution in [0.5, 0.6) is 0 Å². The number of fused-ring (bicyclic) bond motifs is 1. The van der Waals surface area contributed by atoms with Gasteiger partial charge in [0.25, 0.3) is 5.56 Å². The second-order valence-corrected chi connectivity index (χ2v) is 12.1. The van der Waals surface area contributed by atoms with E-state index in [1.165, 1.54) is 28.4 Å². The van der Waals surface area contributed by atoms with E-state index >= 15 is 0 Å². The van der Waals surface area contributed by atoms with Crippen molar-refractivity contribution in [2.24, 2.45) is 30.2 Å². The maximum absolute atomic E-state index is 13.9. The van der Waals surface area contributed by atoms with E-state index < -0.39 is 11.2 Å². The van der Waals surface area contributed by atoms with Crippen LogP contribution in [0.15, 0.2) is 27.8 Å². The van der Waals surface area contributed by atoms with Crippen LogP contribution in [0.4, 0.5) is 0 Å². The molecule has 0 spiro atoms. The normalized spacial score (nSPS) is 26.7. The minimum Gasteiger partial charge on any atom is -0.325 e. The highest BCUT2D eigenvalue weighted by Gasteiger charge is 2.54. The lowest BCUT2D eigenvalue weighted by atomic mass is 9.48. The highest BCUT2D eigenvalue weighted by molar-refractivity contribution is 6.42. The van der Waals surface area contributed by atoms with E-state index in [1.807, 2.05) is 6.92 Å². The summed E-state index contributed by atoms with van der Waals surface area (Å²) in [6.07, 6.45) is 7.12. The van der Waals surface area contributed by atoms with Gasteiger partial charge in [-0.1, -0.05) is 36.2 Å². The number of aromatic nitrogens is 4. The predicted octanol–water partition coefficient (Wildman–Crippen LogP) is 4.60. The summed E-state index contributed by atoms with van der Waals surface area (Å²) in [5.74, 6) is 2.70. The van der Waals surface area contributed by atoms with Crippen molar-refractivity contribution in [3.63, 3.8) is 0 Å². The number of aryl methyl sites for hydroxylation is 2. The van der Waals surface area contributed by atoms with E-state index in [-0.39, 0.29) is 24.3 Å². The molecule has 9 heteroatoms. The van der Waals surface area contributed by atoms with Gasteiger partial charge in [-0.05, 0) is 74.0 Å². The van der Waals surface area contributed by atoms with Crippen molar-refractivity contribution in [2.45, 2.75) is 65.0 Å². The summed E-state index contributed by atoms with van der Waals surface area (Å²) in [6, 6.07) is 5.05. The first-order valence-electron chi connectivity index (χ1n) is 12.8. The molecule has 4 aliphatic rings. The molecular formula is C27H30Cl2N4O3. The lowest BCUT2D eigenvalue weighted by Gasteiger charge is -2.56. The number of carbonyl (C=O) groups is 1. The van der Waals surface area contributed by atoms with Crippen LogP contribution in [0.25, 0.3) is 11.2 Å². The van der Waals surface area contributed by atoms with Crippen LogP contribution in [-0.4, -0.2) is 24.5 Å². The highest BCUT2D eigenvalue weighted by atomic mass is 35.5. The molecule has 7 nitrogen and oxygen atoms in total. The van der Waals surface area contributed by atoms with Crippen molar-refractivity contribution in [3.05, 3.63) is 60.5 Å². The average molecular weight is 529 g/mol. The van der Waals surface area contributed by atoms with Gasteiger partial charge in [-0.15, -0.1) is 0 Å². The number of halogens is 2. The first-order valence-corrected chi connectivity index (χ1v) is 13.6. The average Bonchev–Trinajstić information content (AvgIpc) is 3.17. The van der Waals surface area contributed by atoms with Gasteiger partial charge in [-0.3, -0.25) is 18.7 Å². The topological polar surface area (TPSA) is 78.9 Å². The van der Waals surface area contributed by atoms with E-state index in [9.17, 15) is 14.4 Å². The Morgan fingerprint density at radius 1 is 1.03 bits per heavy atom. The minimum absolute atomic E-state index is 0.0304. The van der Waals surface area contributed by atoms with Gasteiger partial charge in [-0.25, -0.2) is 9.78 Å². The Bertz CT molecular complexity index is 1480. The Labute approximate surface area is 219 Å². The molecule has 0 radical (unpaired) electrons. The largest absolute Gasteiger partial charge is 0.333 e. The lowest BCUT2D eigenvalue weighted by molar-refractivity contribution is -0.144. The Morgan fingerprint density at radius 3 is 2.25 bits per heavy atom. The second-order valence-electron chi connectivity index (χ2n) is 11.2. The number of hydrogen-bond donors (Lipinski definition) is 0. The Hall–Kier alpha value is -2.38. The fourth-order valence-electron chi connectivity index (χ4n) is 7.59. The number of imidazole rings is 1. The molecular weight excluding hydrogens is 499 g/mol. The van der Waals surface area contributed by atoms with Crippen LogP contribution in [0.3, 0.4) is 0 Å². The minimum atomic E-state index is -0.516. The molecule has 0 atom stereocenters. The molecule has 3 aromatic rings. The van der Waals surface area contributed by atoms with Crippen molar-refractivity contribution in [1.29, 1.82) is 0 Å². The number of nitrogens with zero attached hydrogens (tertiary/aromatic N) is 4. The van der Waals surface area contributed by atoms with Crippen LogP contribution < -0.4 is 11.2 Å². The smallest absolute Gasteiger partial charge is 0.325 e. The number of carbonyl (C=O) groups excluding carboxylic acids is 1. The molecule has 0 saturated heterocycles. The summed E-state index contributed by atoms with van der Waals surface area (Å²) >= 11 is 12.3. The summed E-state index contributed by atoms with van der Waals surface area (Å²) in [5, 5.41) is 0.760. The molecule has 7 rings (SSSR count). The van der Waals surface area contributed by atoms with Gasteiger partial charge in [0, 0.05) is 18.9 Å². The predicted molar refractivity (Wildman–Crippen MR) is 140 cm³/mol. The van der Waals surface area contributed by atoms with Gasteiger partial charge in [0.15, 0.2) is 16.9 Å². The first kappa shape index (κ1) is 24.0. The van der Waals surface area contributed by atoms with Gasteiger partial charge >= 0.3 is 5.69 Å². The molecule has 2 aromatic heterocycles. The van der Waals surface area contributed by atoms with Crippen molar-refractivity contribution in [2.75, 3.05) is 0 Å². The van der Waals surface area contributed by atoms with Crippen molar-refractivity contribution in [3.8, 4) is 0 Å². The highest BCUT2D eigenvalue weighted by Crippen LogP contribution is 2.60. The third-order valence-corrected chi connectivity index (χ3v) is 9.65. The molecule has 4 saturated carbocycles. The zero-order valence-electron chi connectivity index (χ0n) is 20.6. The SMILES string of the molecule is CCc1nc2c(c(=O)n(Cc3ccc(Cl)c(Cl)c3)c(=O)n2CC(=O)C23CC4CC(CC(C4)C2)C3)n1C. The Balaban J connectivity index is 1.46. The second kappa shape index (κ2) is 8.59. The number of Topliss-reactive ketones (excluding diaryl/α,β-unsaturated/α-hetero) is 1. The third-order valence-electron chi connectivity index (χ3n) is 8.91. The molecule has 0 aliphatic heterocycles. The summed E-state index contributed by atoms with van der Waals surface area (Å²) < 4.78 is 4.37. The molecule has 0 amide bonds. The number of rotatable bonds is 6. The monoisotopic (exact) mass is 528 g/mol.